The molecule has 0 saturated heterocycles. The van der Waals surface area contributed by atoms with E-state index in [4.69, 9.17) is 5.26 Å². The highest BCUT2D eigenvalue weighted by Crippen LogP contribution is 2.23. The molecule has 0 aliphatic carbocycles. The van der Waals surface area contributed by atoms with Crippen LogP contribution in [0.3, 0.4) is 0 Å². The van der Waals surface area contributed by atoms with Crippen LogP contribution in [0, 0.1) is 16.7 Å². The summed E-state index contributed by atoms with van der Waals surface area (Å²) >= 11 is 0. The predicted octanol–water partition coefficient (Wildman–Crippen LogP) is 3.02. The van der Waals surface area contributed by atoms with Gasteiger partial charge >= 0.3 is 0 Å². The fourth-order valence-corrected chi connectivity index (χ4v) is 0.869. The molecule has 0 spiro atoms. The third-order valence-electron chi connectivity index (χ3n) is 2.24. The molecule has 0 heterocycles. The molecule has 0 aliphatic heterocycles. The van der Waals surface area contributed by atoms with E-state index in [2.05, 4.69) is 6.07 Å². The Morgan fingerprint density at radius 1 is 1.50 bits per heavy atom. The summed E-state index contributed by atoms with van der Waals surface area (Å²) in [4.78, 5) is 10.8. The standard InChI is InChI=1S/C12H17NO/c1-5-6-11(8-13)7-10(2)12(3,4)9-14/h6-7,9H,5H2,1-4H3/b10-7+,11-6+. The molecule has 0 aliphatic rings. The van der Waals surface area contributed by atoms with Crippen LogP contribution in [0.25, 0.3) is 0 Å². The van der Waals surface area contributed by atoms with Crippen molar-refractivity contribution in [2.24, 2.45) is 5.41 Å². The van der Waals surface area contributed by atoms with E-state index in [0.29, 0.717) is 5.57 Å². The molecule has 2 nitrogen and oxygen atoms in total. The van der Waals surface area contributed by atoms with Crippen LogP contribution in [-0.2, 0) is 4.79 Å². The lowest BCUT2D eigenvalue weighted by molar-refractivity contribution is -0.113. The van der Waals surface area contributed by atoms with E-state index in [9.17, 15) is 4.79 Å². The summed E-state index contributed by atoms with van der Waals surface area (Å²) < 4.78 is 0. The van der Waals surface area contributed by atoms with Crippen molar-refractivity contribution in [1.82, 2.24) is 0 Å². The van der Waals surface area contributed by atoms with Crippen LogP contribution in [0.15, 0.2) is 23.3 Å². The van der Waals surface area contributed by atoms with Gasteiger partial charge in [-0.3, -0.25) is 0 Å². The molecule has 0 atom stereocenters. The highest BCUT2D eigenvalue weighted by atomic mass is 16.1. The zero-order valence-corrected chi connectivity index (χ0v) is 9.29. The van der Waals surface area contributed by atoms with Gasteiger partial charge in [0, 0.05) is 11.0 Å². The first-order valence-electron chi connectivity index (χ1n) is 4.73. The number of allylic oxidation sites excluding steroid dienone is 4. The summed E-state index contributed by atoms with van der Waals surface area (Å²) in [5, 5.41) is 8.79. The molecule has 0 fully saturated rings. The summed E-state index contributed by atoms with van der Waals surface area (Å²) in [5.74, 6) is 0. The van der Waals surface area contributed by atoms with Crippen LogP contribution in [0.4, 0.5) is 0 Å². The van der Waals surface area contributed by atoms with Gasteiger partial charge in [0.1, 0.15) is 6.29 Å². The Balaban J connectivity index is 4.93. The van der Waals surface area contributed by atoms with Crippen molar-refractivity contribution in [3.63, 3.8) is 0 Å². The zero-order valence-electron chi connectivity index (χ0n) is 9.29. The molecule has 14 heavy (non-hydrogen) atoms. The number of hydrogen-bond donors (Lipinski definition) is 0. The maximum absolute atomic E-state index is 10.8. The Morgan fingerprint density at radius 3 is 2.43 bits per heavy atom. The zero-order chi connectivity index (χ0) is 11.2. The average molecular weight is 191 g/mol. The van der Waals surface area contributed by atoms with Crippen molar-refractivity contribution in [3.05, 3.63) is 23.3 Å². The lowest BCUT2D eigenvalue weighted by Crippen LogP contribution is -2.14. The molecule has 0 N–H and O–H groups in total. The molecule has 0 amide bonds. The van der Waals surface area contributed by atoms with Gasteiger partial charge in [-0.25, -0.2) is 0 Å². The number of nitrogens with zero attached hydrogens (tertiary/aromatic N) is 1. The molecule has 0 aromatic rings. The molecule has 2 heteroatoms. The highest BCUT2D eigenvalue weighted by Gasteiger charge is 2.18. The maximum Gasteiger partial charge on any atom is 0.129 e. The number of aldehydes is 1. The van der Waals surface area contributed by atoms with Crippen LogP contribution in [-0.4, -0.2) is 6.29 Å². The van der Waals surface area contributed by atoms with Crippen LogP contribution in [0.1, 0.15) is 34.1 Å². The van der Waals surface area contributed by atoms with Gasteiger partial charge in [0.15, 0.2) is 0 Å². The molecule has 0 unspecified atom stereocenters. The molecule has 0 radical (unpaired) electrons. The largest absolute Gasteiger partial charge is 0.302 e. The fraction of sp³-hybridized carbons (Fsp3) is 0.500. The second-order valence-electron chi connectivity index (χ2n) is 3.85. The minimum atomic E-state index is -0.482. The normalized spacial score (nSPS) is 13.6. The summed E-state index contributed by atoms with van der Waals surface area (Å²) in [6.45, 7) is 7.53. The predicted molar refractivity (Wildman–Crippen MR) is 57.6 cm³/mol. The van der Waals surface area contributed by atoms with E-state index in [0.717, 1.165) is 18.3 Å². The first-order chi connectivity index (χ1) is 6.47. The van der Waals surface area contributed by atoms with E-state index in [1.807, 2.05) is 33.8 Å². The second kappa shape index (κ2) is 5.39. The molecular formula is C12H17NO. The van der Waals surface area contributed by atoms with Crippen LogP contribution < -0.4 is 0 Å². The minimum Gasteiger partial charge on any atom is -0.302 e. The van der Waals surface area contributed by atoms with Gasteiger partial charge in [-0.2, -0.15) is 5.26 Å². The molecular weight excluding hydrogens is 174 g/mol. The van der Waals surface area contributed by atoms with E-state index < -0.39 is 5.41 Å². The molecule has 0 rings (SSSR count). The molecule has 76 valence electrons. The van der Waals surface area contributed by atoms with Gasteiger partial charge in [0.25, 0.3) is 0 Å². The summed E-state index contributed by atoms with van der Waals surface area (Å²) in [6, 6.07) is 2.10. The van der Waals surface area contributed by atoms with Gasteiger partial charge in [-0.15, -0.1) is 0 Å². The van der Waals surface area contributed by atoms with Crippen molar-refractivity contribution in [2.75, 3.05) is 0 Å². The van der Waals surface area contributed by atoms with Gasteiger partial charge in [-0.05, 0) is 33.3 Å². The Bertz CT molecular complexity index is 303. The average Bonchev–Trinajstić information content (AvgIpc) is 2.16. The Hall–Kier alpha value is -1.36. The Morgan fingerprint density at radius 2 is 2.07 bits per heavy atom. The third kappa shape index (κ3) is 3.57. The van der Waals surface area contributed by atoms with Crippen molar-refractivity contribution < 1.29 is 4.79 Å². The third-order valence-corrected chi connectivity index (χ3v) is 2.24. The first kappa shape index (κ1) is 12.6. The van der Waals surface area contributed by atoms with Gasteiger partial charge in [0.05, 0.1) is 6.07 Å². The topological polar surface area (TPSA) is 40.9 Å². The summed E-state index contributed by atoms with van der Waals surface area (Å²) in [7, 11) is 0. The van der Waals surface area contributed by atoms with E-state index >= 15 is 0 Å². The van der Waals surface area contributed by atoms with E-state index in [1.54, 1.807) is 6.08 Å². The number of rotatable bonds is 4. The fourth-order valence-electron chi connectivity index (χ4n) is 0.869. The van der Waals surface area contributed by atoms with E-state index in [1.165, 1.54) is 0 Å². The number of carbonyl (C=O) groups is 1. The van der Waals surface area contributed by atoms with Crippen molar-refractivity contribution in [3.8, 4) is 6.07 Å². The number of carbonyl (C=O) groups excluding carboxylic acids is 1. The molecule has 0 bridgehead atoms. The van der Waals surface area contributed by atoms with Gasteiger partial charge < -0.3 is 4.79 Å². The first-order valence-corrected chi connectivity index (χ1v) is 4.73. The summed E-state index contributed by atoms with van der Waals surface area (Å²) in [5.41, 5.74) is 1.05. The molecule has 0 aromatic heterocycles. The number of nitriles is 1. The minimum absolute atomic E-state index is 0.482. The lowest BCUT2D eigenvalue weighted by Gasteiger charge is -2.17. The van der Waals surface area contributed by atoms with Crippen LogP contribution in [0.2, 0.25) is 0 Å². The summed E-state index contributed by atoms with van der Waals surface area (Å²) in [6.07, 6.45) is 5.36. The van der Waals surface area contributed by atoms with Crippen molar-refractivity contribution in [2.45, 2.75) is 34.1 Å². The Kier molecular flexibility index (Phi) is 4.86. The highest BCUT2D eigenvalue weighted by molar-refractivity contribution is 5.64. The molecule has 0 saturated carbocycles. The molecule has 0 aromatic carbocycles. The van der Waals surface area contributed by atoms with Crippen molar-refractivity contribution >= 4 is 6.29 Å². The lowest BCUT2D eigenvalue weighted by atomic mass is 9.86. The quantitative estimate of drug-likeness (QED) is 0.389. The van der Waals surface area contributed by atoms with Gasteiger partial charge in [-0.1, -0.05) is 18.6 Å². The number of hydrogen-bond acceptors (Lipinski definition) is 2. The monoisotopic (exact) mass is 191 g/mol. The van der Waals surface area contributed by atoms with Crippen molar-refractivity contribution in [1.29, 1.82) is 5.26 Å². The maximum atomic E-state index is 10.8. The van der Waals surface area contributed by atoms with Gasteiger partial charge in [0.2, 0.25) is 0 Å². The smallest absolute Gasteiger partial charge is 0.129 e. The Labute approximate surface area is 85.9 Å². The van der Waals surface area contributed by atoms with Crippen LogP contribution in [0.5, 0.6) is 0 Å². The van der Waals surface area contributed by atoms with Crippen LogP contribution >= 0.6 is 0 Å². The SMILES string of the molecule is CC/C=C(C#N)\C=C(/C)C(C)(C)C=O. The van der Waals surface area contributed by atoms with E-state index in [-0.39, 0.29) is 0 Å². The second-order valence-corrected chi connectivity index (χ2v) is 3.85.